The number of benzene rings is 2. The van der Waals surface area contributed by atoms with Gasteiger partial charge in [0.2, 0.25) is 5.95 Å². The topological polar surface area (TPSA) is 68.8 Å². The van der Waals surface area contributed by atoms with Gasteiger partial charge >= 0.3 is 6.18 Å². The number of hydrogen-bond acceptors (Lipinski definition) is 4. The Balaban J connectivity index is 2.10. The molecule has 0 fully saturated rings. The van der Waals surface area contributed by atoms with Crippen molar-refractivity contribution in [2.45, 2.75) is 6.18 Å². The maximum absolute atomic E-state index is 13.1. The number of anilines is 1. The van der Waals surface area contributed by atoms with E-state index in [2.05, 4.69) is 31.3 Å². The van der Waals surface area contributed by atoms with E-state index in [1.165, 1.54) is 6.07 Å². The summed E-state index contributed by atoms with van der Waals surface area (Å²) in [5.41, 5.74) is 3.82. The molecule has 0 atom stereocenters. The van der Waals surface area contributed by atoms with Crippen LogP contribution in [0.1, 0.15) is 5.56 Å². The average Bonchev–Trinajstić information content (AvgIpc) is 3.00. The van der Waals surface area contributed by atoms with Crippen molar-refractivity contribution in [3.63, 3.8) is 0 Å². The summed E-state index contributed by atoms with van der Waals surface area (Å²) < 4.78 is 41.8. The van der Waals surface area contributed by atoms with Crippen molar-refractivity contribution in [2.24, 2.45) is 5.84 Å². The van der Waals surface area contributed by atoms with Crippen LogP contribution in [-0.4, -0.2) is 14.5 Å². The van der Waals surface area contributed by atoms with Crippen molar-refractivity contribution >= 4 is 43.8 Å². The van der Waals surface area contributed by atoms with E-state index in [9.17, 15) is 13.2 Å². The number of nitrogens with two attached hydrogens (primary N) is 1. The molecule has 3 N–H and O–H groups in total. The Hall–Kier alpha value is -2.65. The second kappa shape index (κ2) is 5.96. The summed E-state index contributed by atoms with van der Waals surface area (Å²) in [4.78, 5) is 8.69. The molecule has 2 aromatic carbocycles. The first kappa shape index (κ1) is 16.8. The second-order valence-corrected chi connectivity index (χ2v) is 6.53. The molecule has 0 saturated heterocycles. The average molecular weight is 422 g/mol. The minimum Gasteiger partial charge on any atom is -0.293 e. The molecule has 0 amide bonds. The van der Waals surface area contributed by atoms with Crippen LogP contribution in [0.15, 0.2) is 53.1 Å². The van der Waals surface area contributed by atoms with Crippen molar-refractivity contribution < 1.29 is 13.2 Å². The number of nitrogen functional groups attached to an aromatic ring is 1. The monoisotopic (exact) mass is 421 g/mol. The molecule has 0 aliphatic heterocycles. The molecule has 26 heavy (non-hydrogen) atoms. The number of hydrogen-bond donors (Lipinski definition) is 2. The van der Waals surface area contributed by atoms with Crippen LogP contribution in [0.25, 0.3) is 27.6 Å². The van der Waals surface area contributed by atoms with Gasteiger partial charge in [0.05, 0.1) is 22.8 Å². The first-order chi connectivity index (χ1) is 12.4. The molecule has 9 heteroatoms. The van der Waals surface area contributed by atoms with Crippen molar-refractivity contribution in [2.75, 3.05) is 5.43 Å². The summed E-state index contributed by atoms with van der Waals surface area (Å²) in [6, 6.07) is 10.5. The molecule has 0 saturated carbocycles. The fourth-order valence-electron chi connectivity index (χ4n) is 2.90. The number of hydrazine groups is 1. The number of rotatable bonds is 2. The highest BCUT2D eigenvalue weighted by atomic mass is 79.9. The molecule has 0 bridgehead atoms. The molecule has 132 valence electrons. The molecule has 0 aliphatic rings. The molecule has 5 nitrogen and oxygen atoms in total. The fourth-order valence-corrected chi connectivity index (χ4v) is 3.26. The van der Waals surface area contributed by atoms with E-state index in [0.29, 0.717) is 22.2 Å². The molecule has 2 aromatic heterocycles. The van der Waals surface area contributed by atoms with Crippen LogP contribution in [0, 0.1) is 0 Å². The summed E-state index contributed by atoms with van der Waals surface area (Å²) in [6.07, 6.45) is -2.88. The Morgan fingerprint density at radius 1 is 1.08 bits per heavy atom. The Labute approximate surface area is 153 Å². The van der Waals surface area contributed by atoms with Crippen LogP contribution in [-0.2, 0) is 6.18 Å². The van der Waals surface area contributed by atoms with E-state index in [0.717, 1.165) is 22.0 Å². The number of imidazole rings is 1. The van der Waals surface area contributed by atoms with Gasteiger partial charge < -0.3 is 0 Å². The Kier molecular flexibility index (Phi) is 3.85. The van der Waals surface area contributed by atoms with Crippen LogP contribution in [0.4, 0.5) is 19.1 Å². The summed E-state index contributed by atoms with van der Waals surface area (Å²) in [5.74, 6) is 5.78. The van der Waals surface area contributed by atoms with Gasteiger partial charge in [0.1, 0.15) is 5.52 Å². The highest BCUT2D eigenvalue weighted by molar-refractivity contribution is 9.10. The highest BCUT2D eigenvalue weighted by Crippen LogP contribution is 2.34. The number of aromatic nitrogens is 3. The number of pyridine rings is 1. The van der Waals surface area contributed by atoms with E-state index in [1.54, 1.807) is 16.8 Å². The summed E-state index contributed by atoms with van der Waals surface area (Å²) in [7, 11) is 0. The molecule has 4 aromatic rings. The molecule has 4 rings (SSSR count). The quantitative estimate of drug-likeness (QED) is 0.365. The van der Waals surface area contributed by atoms with Gasteiger partial charge in [0, 0.05) is 15.5 Å². The normalized spacial score (nSPS) is 12.0. The summed E-state index contributed by atoms with van der Waals surface area (Å²) >= 11 is 3.41. The van der Waals surface area contributed by atoms with Gasteiger partial charge in [-0.2, -0.15) is 13.2 Å². The van der Waals surface area contributed by atoms with Crippen LogP contribution in [0.3, 0.4) is 0 Å². The molecule has 0 radical (unpaired) electrons. The number of halogens is 4. The summed E-state index contributed by atoms with van der Waals surface area (Å²) in [6.45, 7) is 0. The smallest absolute Gasteiger partial charge is 0.293 e. The van der Waals surface area contributed by atoms with Crippen molar-refractivity contribution in [1.82, 2.24) is 14.5 Å². The molecule has 0 aliphatic carbocycles. The number of nitrogens with one attached hydrogen (secondary N) is 1. The van der Waals surface area contributed by atoms with Crippen LogP contribution in [0.2, 0.25) is 0 Å². The third kappa shape index (κ3) is 2.69. The molecular formula is C17H11BrF3N5. The van der Waals surface area contributed by atoms with Crippen LogP contribution >= 0.6 is 15.9 Å². The molecule has 0 unspecified atom stereocenters. The largest absolute Gasteiger partial charge is 0.416 e. The molecule has 2 heterocycles. The standard InChI is InChI=1S/C17H11BrF3N5/c18-10-4-5-13-12(7-10)15-14(8-23-13)24-16(25-22)26(15)11-3-1-2-9(6-11)17(19,20)21/h1-8H,22H2,(H,24,25). The van der Waals surface area contributed by atoms with Gasteiger partial charge in [-0.25, -0.2) is 10.8 Å². The molecule has 0 spiro atoms. The van der Waals surface area contributed by atoms with Crippen molar-refractivity contribution in [3.8, 4) is 5.69 Å². The van der Waals surface area contributed by atoms with Gasteiger partial charge in [0.15, 0.2) is 0 Å². The lowest BCUT2D eigenvalue weighted by Crippen LogP contribution is -2.13. The fraction of sp³-hybridized carbons (Fsp3) is 0.0588. The lowest BCUT2D eigenvalue weighted by atomic mass is 10.1. The zero-order valence-corrected chi connectivity index (χ0v) is 14.6. The maximum atomic E-state index is 13.1. The SMILES string of the molecule is NNc1nc2cnc3ccc(Br)cc3c2n1-c1cccc(C(F)(F)F)c1. The first-order valence-electron chi connectivity index (χ1n) is 7.49. The van der Waals surface area contributed by atoms with Gasteiger partial charge in [-0.3, -0.25) is 15.0 Å². The van der Waals surface area contributed by atoms with Gasteiger partial charge in [0.25, 0.3) is 0 Å². The predicted octanol–water partition coefficient (Wildman–Crippen LogP) is 4.64. The van der Waals surface area contributed by atoms with Gasteiger partial charge in [-0.1, -0.05) is 22.0 Å². The van der Waals surface area contributed by atoms with E-state index in [1.807, 2.05) is 18.2 Å². The lowest BCUT2D eigenvalue weighted by molar-refractivity contribution is -0.137. The lowest BCUT2D eigenvalue weighted by Gasteiger charge is -2.13. The van der Waals surface area contributed by atoms with Gasteiger partial charge in [-0.15, -0.1) is 0 Å². The van der Waals surface area contributed by atoms with E-state index >= 15 is 0 Å². The first-order valence-corrected chi connectivity index (χ1v) is 8.29. The summed E-state index contributed by atoms with van der Waals surface area (Å²) in [5, 5.41) is 0.739. The highest BCUT2D eigenvalue weighted by Gasteiger charge is 2.31. The van der Waals surface area contributed by atoms with E-state index in [4.69, 9.17) is 5.84 Å². The predicted molar refractivity (Wildman–Crippen MR) is 96.9 cm³/mol. The van der Waals surface area contributed by atoms with Crippen LogP contribution < -0.4 is 11.3 Å². The minimum atomic E-state index is -4.45. The van der Waals surface area contributed by atoms with Crippen molar-refractivity contribution in [3.05, 3.63) is 58.7 Å². The minimum absolute atomic E-state index is 0.216. The van der Waals surface area contributed by atoms with Crippen molar-refractivity contribution in [1.29, 1.82) is 0 Å². The zero-order valence-electron chi connectivity index (χ0n) is 13.0. The second-order valence-electron chi connectivity index (χ2n) is 5.62. The third-order valence-electron chi connectivity index (χ3n) is 4.00. The molecular weight excluding hydrogens is 411 g/mol. The van der Waals surface area contributed by atoms with Crippen LogP contribution in [0.5, 0.6) is 0 Å². The van der Waals surface area contributed by atoms with E-state index in [-0.39, 0.29) is 5.95 Å². The van der Waals surface area contributed by atoms with E-state index < -0.39 is 11.7 Å². The number of fused-ring (bicyclic) bond motifs is 3. The Morgan fingerprint density at radius 2 is 1.88 bits per heavy atom. The third-order valence-corrected chi connectivity index (χ3v) is 4.50. The Morgan fingerprint density at radius 3 is 2.62 bits per heavy atom. The maximum Gasteiger partial charge on any atom is 0.416 e. The number of nitrogens with zero attached hydrogens (tertiary/aromatic N) is 3. The Bertz CT molecular complexity index is 1140. The zero-order chi connectivity index (χ0) is 18.5. The number of alkyl halides is 3. The van der Waals surface area contributed by atoms with Gasteiger partial charge in [-0.05, 0) is 36.4 Å².